The van der Waals surface area contributed by atoms with Crippen LogP contribution in [-0.4, -0.2) is 34.7 Å². The molecule has 0 aliphatic heterocycles. The first-order valence-electron chi connectivity index (χ1n) is 8.73. The van der Waals surface area contributed by atoms with Crippen molar-refractivity contribution in [2.45, 2.75) is 6.04 Å². The summed E-state index contributed by atoms with van der Waals surface area (Å²) < 4.78 is 19.4. The van der Waals surface area contributed by atoms with E-state index in [1.165, 1.54) is 18.2 Å². The Bertz CT molecular complexity index is 1080. The average Bonchev–Trinajstić information content (AvgIpc) is 2.74. The largest absolute Gasteiger partial charge is 0.454 e. The first-order valence-corrected chi connectivity index (χ1v) is 9.11. The van der Waals surface area contributed by atoms with Crippen molar-refractivity contribution in [3.05, 3.63) is 65.1 Å². The van der Waals surface area contributed by atoms with Crippen LogP contribution in [-0.2, 0) is 4.79 Å². The van der Waals surface area contributed by atoms with E-state index in [-0.39, 0.29) is 34.7 Å². The van der Waals surface area contributed by atoms with Gasteiger partial charge in [-0.15, -0.1) is 0 Å². The van der Waals surface area contributed by atoms with Crippen molar-refractivity contribution >= 4 is 29.6 Å². The summed E-state index contributed by atoms with van der Waals surface area (Å²) in [5.74, 6) is -0.542. The van der Waals surface area contributed by atoms with Crippen LogP contribution in [0.2, 0.25) is 5.02 Å². The number of nitrogens with two attached hydrogens (primary N) is 2. The van der Waals surface area contributed by atoms with E-state index < -0.39 is 17.8 Å². The number of carbonyl (C=O) groups is 2. The second kappa shape index (κ2) is 9.29. The second-order valence-corrected chi connectivity index (χ2v) is 6.59. The number of rotatable bonds is 8. The van der Waals surface area contributed by atoms with Crippen molar-refractivity contribution in [3.63, 3.8) is 0 Å². The molecule has 0 aliphatic rings. The van der Waals surface area contributed by atoms with E-state index in [2.05, 4.69) is 15.3 Å². The molecular weight excluding hydrogens is 413 g/mol. The third-order valence-corrected chi connectivity index (χ3v) is 4.20. The van der Waals surface area contributed by atoms with Crippen LogP contribution in [0.5, 0.6) is 11.5 Å². The smallest absolute Gasteiger partial charge is 0.267 e. The Morgan fingerprint density at radius 2 is 1.93 bits per heavy atom. The molecule has 1 aromatic heterocycles. The lowest BCUT2D eigenvalue weighted by molar-refractivity contribution is -0.108. The summed E-state index contributed by atoms with van der Waals surface area (Å²) in [5.41, 5.74) is 11.4. The molecule has 3 aromatic rings. The maximum absolute atomic E-state index is 13.9. The van der Waals surface area contributed by atoms with Gasteiger partial charge < -0.3 is 26.3 Å². The highest BCUT2D eigenvalue weighted by Crippen LogP contribution is 2.28. The van der Waals surface area contributed by atoms with E-state index in [4.69, 9.17) is 27.8 Å². The van der Waals surface area contributed by atoms with Crippen LogP contribution in [0, 0.1) is 5.82 Å². The van der Waals surface area contributed by atoms with Gasteiger partial charge in [0, 0.05) is 23.2 Å². The summed E-state index contributed by atoms with van der Waals surface area (Å²) in [6.07, 6.45) is 0.633. The van der Waals surface area contributed by atoms with Gasteiger partial charge in [0.15, 0.2) is 17.4 Å². The summed E-state index contributed by atoms with van der Waals surface area (Å²) >= 11 is 5.73. The quantitative estimate of drug-likeness (QED) is 0.469. The predicted molar refractivity (Wildman–Crippen MR) is 110 cm³/mol. The minimum atomic E-state index is -0.754. The zero-order valence-corrected chi connectivity index (χ0v) is 16.3. The van der Waals surface area contributed by atoms with Gasteiger partial charge in [-0.1, -0.05) is 11.6 Å². The minimum Gasteiger partial charge on any atom is -0.454 e. The lowest BCUT2D eigenvalue weighted by atomic mass is 10.2. The van der Waals surface area contributed by atoms with Crippen LogP contribution in [0.25, 0.3) is 11.4 Å². The van der Waals surface area contributed by atoms with E-state index in [0.29, 0.717) is 17.6 Å². The molecule has 5 N–H and O–H groups in total. The van der Waals surface area contributed by atoms with Gasteiger partial charge in [-0.3, -0.25) is 4.79 Å². The van der Waals surface area contributed by atoms with Gasteiger partial charge in [0.2, 0.25) is 0 Å². The van der Waals surface area contributed by atoms with Crippen LogP contribution in [0.1, 0.15) is 10.5 Å². The normalized spacial score (nSPS) is 11.6. The number of halogens is 2. The molecule has 154 valence electrons. The molecule has 0 radical (unpaired) electrons. The topological polar surface area (TPSA) is 133 Å². The molecule has 1 atom stereocenters. The number of amides is 1. The van der Waals surface area contributed by atoms with Crippen LogP contribution in [0.3, 0.4) is 0 Å². The fourth-order valence-corrected chi connectivity index (χ4v) is 2.63. The van der Waals surface area contributed by atoms with Crippen molar-refractivity contribution in [2.24, 2.45) is 11.5 Å². The summed E-state index contributed by atoms with van der Waals surface area (Å²) in [4.78, 5) is 31.1. The van der Waals surface area contributed by atoms with Crippen molar-refractivity contribution in [1.29, 1.82) is 0 Å². The molecule has 0 unspecified atom stereocenters. The zero-order chi connectivity index (χ0) is 21.7. The van der Waals surface area contributed by atoms with Crippen LogP contribution < -0.4 is 21.5 Å². The highest BCUT2D eigenvalue weighted by Gasteiger charge is 2.14. The molecule has 30 heavy (non-hydrogen) atoms. The Labute approximate surface area is 176 Å². The van der Waals surface area contributed by atoms with E-state index in [1.54, 1.807) is 24.3 Å². The van der Waals surface area contributed by atoms with Gasteiger partial charge in [0.05, 0.1) is 6.04 Å². The van der Waals surface area contributed by atoms with Crippen LogP contribution >= 0.6 is 11.6 Å². The Morgan fingerprint density at radius 3 is 2.53 bits per heavy atom. The van der Waals surface area contributed by atoms with E-state index >= 15 is 0 Å². The molecule has 10 heteroatoms. The summed E-state index contributed by atoms with van der Waals surface area (Å²) in [6, 6.07) is 11.2. The van der Waals surface area contributed by atoms with Crippen molar-refractivity contribution in [1.82, 2.24) is 9.97 Å². The molecule has 0 saturated carbocycles. The number of primary amides is 1. The maximum Gasteiger partial charge on any atom is 0.267 e. The number of nitrogens with zero attached hydrogens (tertiary/aromatic N) is 2. The molecule has 2 aromatic carbocycles. The number of benzene rings is 2. The molecular formula is C20H17ClFN5O3. The lowest BCUT2D eigenvalue weighted by Crippen LogP contribution is -2.30. The predicted octanol–water partition coefficient (Wildman–Crippen LogP) is 2.77. The number of nitrogens with one attached hydrogen (secondary N) is 1. The molecule has 8 nitrogen and oxygen atoms in total. The van der Waals surface area contributed by atoms with Gasteiger partial charge in [0.25, 0.3) is 5.91 Å². The molecule has 0 saturated heterocycles. The first kappa shape index (κ1) is 21.2. The molecule has 0 bridgehead atoms. The summed E-state index contributed by atoms with van der Waals surface area (Å²) in [6.45, 7) is 0.0437. The van der Waals surface area contributed by atoms with Crippen LogP contribution in [0.15, 0.2) is 48.5 Å². The number of aromatic nitrogens is 2. The molecule has 0 fully saturated rings. The first-order chi connectivity index (χ1) is 14.4. The van der Waals surface area contributed by atoms with Gasteiger partial charge in [0.1, 0.15) is 23.5 Å². The monoisotopic (exact) mass is 429 g/mol. The number of hydrogen-bond donors (Lipinski definition) is 3. The number of anilines is 1. The molecule has 1 heterocycles. The molecule has 0 spiro atoms. The molecule has 3 rings (SSSR count). The number of aldehydes is 1. The number of carbonyl (C=O) groups excluding carboxylic acids is 2. The van der Waals surface area contributed by atoms with Gasteiger partial charge in [-0.25, -0.2) is 14.4 Å². The third-order valence-electron chi connectivity index (χ3n) is 3.96. The Morgan fingerprint density at radius 1 is 1.20 bits per heavy atom. The average molecular weight is 430 g/mol. The maximum atomic E-state index is 13.9. The van der Waals surface area contributed by atoms with Crippen molar-refractivity contribution in [2.75, 3.05) is 11.9 Å². The van der Waals surface area contributed by atoms with Gasteiger partial charge in [-0.2, -0.15) is 0 Å². The summed E-state index contributed by atoms with van der Waals surface area (Å²) in [7, 11) is 0. The SMILES string of the molecule is NC[C@@H](C=O)Nc1cc(C(N)=O)nc(-c2ccc(Oc3ccc(Cl)cc3F)cc2)n1. The lowest BCUT2D eigenvalue weighted by Gasteiger charge is -2.13. The highest BCUT2D eigenvalue weighted by atomic mass is 35.5. The summed E-state index contributed by atoms with van der Waals surface area (Å²) in [5, 5.41) is 3.07. The van der Waals surface area contributed by atoms with E-state index in [0.717, 1.165) is 6.07 Å². The second-order valence-electron chi connectivity index (χ2n) is 6.15. The van der Waals surface area contributed by atoms with Gasteiger partial charge in [-0.05, 0) is 42.5 Å². The fraction of sp³-hybridized carbons (Fsp3) is 0.100. The Balaban J connectivity index is 1.88. The van der Waals surface area contributed by atoms with Crippen molar-refractivity contribution in [3.8, 4) is 22.9 Å². The Hall–Kier alpha value is -3.56. The minimum absolute atomic E-state index is 0.0206. The zero-order valence-electron chi connectivity index (χ0n) is 15.5. The fourth-order valence-electron chi connectivity index (χ4n) is 2.47. The number of ether oxygens (including phenoxy) is 1. The van der Waals surface area contributed by atoms with E-state index in [1.807, 2.05) is 0 Å². The van der Waals surface area contributed by atoms with E-state index in [9.17, 15) is 14.0 Å². The number of hydrogen-bond acceptors (Lipinski definition) is 7. The third kappa shape index (κ3) is 5.07. The molecule has 0 aliphatic carbocycles. The Kier molecular flexibility index (Phi) is 6.55. The standard InChI is InChI=1S/C20H17ClFN5O3/c21-12-3-6-17(15(22)7-12)30-14-4-1-11(2-5-14)20-26-16(19(24)29)8-18(27-20)25-13(9-23)10-28/h1-8,10,13H,9,23H2,(H2,24,29)(H,25,26,27)/t13-/m0/s1. The van der Waals surface area contributed by atoms with Gasteiger partial charge >= 0.3 is 0 Å². The van der Waals surface area contributed by atoms with Crippen molar-refractivity contribution < 1.29 is 18.7 Å². The van der Waals surface area contributed by atoms with Crippen LogP contribution in [0.4, 0.5) is 10.2 Å². The highest BCUT2D eigenvalue weighted by molar-refractivity contribution is 6.30. The molecule has 1 amide bonds.